The first-order chi connectivity index (χ1) is 10.6. The van der Waals surface area contributed by atoms with Gasteiger partial charge in [0.05, 0.1) is 0 Å². The van der Waals surface area contributed by atoms with Crippen molar-refractivity contribution in [2.24, 2.45) is 0 Å². The molecule has 1 aliphatic heterocycles. The van der Waals surface area contributed by atoms with E-state index in [1.807, 2.05) is 18.2 Å². The fourth-order valence-corrected chi connectivity index (χ4v) is 2.78. The van der Waals surface area contributed by atoms with Gasteiger partial charge in [0.15, 0.2) is 11.5 Å². The average molecular weight is 366 g/mol. The minimum Gasteiger partial charge on any atom is -0.486 e. The smallest absolute Gasteiger partial charge is 0.161 e. The molecule has 0 saturated carbocycles. The highest BCUT2D eigenvalue weighted by Crippen LogP contribution is 2.32. The third kappa shape index (κ3) is 3.42. The zero-order valence-electron chi connectivity index (χ0n) is 12.2. The Kier molecular flexibility index (Phi) is 4.64. The van der Waals surface area contributed by atoms with Crippen molar-refractivity contribution in [2.45, 2.75) is 19.5 Å². The molecule has 2 aromatic rings. The maximum atomic E-state index is 13.3. The van der Waals surface area contributed by atoms with Gasteiger partial charge in [-0.25, -0.2) is 4.39 Å². The molecule has 1 aliphatic rings. The molecule has 1 N–H and O–H groups in total. The summed E-state index contributed by atoms with van der Waals surface area (Å²) in [6.07, 6.45) is 0. The van der Waals surface area contributed by atoms with Gasteiger partial charge in [-0.05, 0) is 48.4 Å². The first-order valence-corrected chi connectivity index (χ1v) is 7.99. The SMILES string of the molecule is CC(NCc1cc(F)ccc1Br)c1ccc2c(c1)OCCO2. The van der Waals surface area contributed by atoms with Crippen LogP contribution in [0.2, 0.25) is 0 Å². The summed E-state index contributed by atoms with van der Waals surface area (Å²) in [5.41, 5.74) is 2.00. The standard InChI is InChI=1S/C17H17BrFNO2/c1-11(20-10-13-8-14(19)3-4-15(13)18)12-2-5-16-17(9-12)22-7-6-21-16/h2-5,8-9,11,20H,6-7,10H2,1H3. The maximum absolute atomic E-state index is 13.3. The van der Waals surface area contributed by atoms with E-state index in [1.165, 1.54) is 12.1 Å². The molecular weight excluding hydrogens is 349 g/mol. The largest absolute Gasteiger partial charge is 0.486 e. The highest BCUT2D eigenvalue weighted by molar-refractivity contribution is 9.10. The molecule has 0 spiro atoms. The number of hydrogen-bond donors (Lipinski definition) is 1. The topological polar surface area (TPSA) is 30.5 Å². The fraction of sp³-hybridized carbons (Fsp3) is 0.294. The Balaban J connectivity index is 1.69. The van der Waals surface area contributed by atoms with Crippen LogP contribution in [0.15, 0.2) is 40.9 Å². The van der Waals surface area contributed by atoms with Crippen LogP contribution in [-0.2, 0) is 6.54 Å². The Morgan fingerprint density at radius 1 is 1.14 bits per heavy atom. The van der Waals surface area contributed by atoms with Crippen molar-refractivity contribution >= 4 is 15.9 Å². The normalized spacial score (nSPS) is 14.7. The number of rotatable bonds is 4. The monoisotopic (exact) mass is 365 g/mol. The molecule has 22 heavy (non-hydrogen) atoms. The number of benzene rings is 2. The van der Waals surface area contributed by atoms with E-state index in [-0.39, 0.29) is 11.9 Å². The van der Waals surface area contributed by atoms with Crippen molar-refractivity contribution in [3.05, 3.63) is 57.8 Å². The molecule has 3 nitrogen and oxygen atoms in total. The summed E-state index contributed by atoms with van der Waals surface area (Å²) >= 11 is 3.44. The van der Waals surface area contributed by atoms with Crippen LogP contribution in [0.3, 0.4) is 0 Å². The Morgan fingerprint density at radius 2 is 1.91 bits per heavy atom. The molecule has 5 heteroatoms. The van der Waals surface area contributed by atoms with E-state index in [1.54, 1.807) is 6.07 Å². The summed E-state index contributed by atoms with van der Waals surface area (Å²) in [5, 5.41) is 3.40. The van der Waals surface area contributed by atoms with E-state index in [0.717, 1.165) is 27.1 Å². The summed E-state index contributed by atoms with van der Waals surface area (Å²) in [5.74, 6) is 1.34. The number of fused-ring (bicyclic) bond motifs is 1. The van der Waals surface area contributed by atoms with Crippen molar-refractivity contribution in [3.63, 3.8) is 0 Å². The quantitative estimate of drug-likeness (QED) is 0.880. The Bertz CT molecular complexity index is 678. The van der Waals surface area contributed by atoms with Gasteiger partial charge in [0.25, 0.3) is 0 Å². The van der Waals surface area contributed by atoms with Gasteiger partial charge in [-0.15, -0.1) is 0 Å². The van der Waals surface area contributed by atoms with Gasteiger partial charge < -0.3 is 14.8 Å². The molecule has 3 rings (SSSR count). The van der Waals surface area contributed by atoms with Crippen LogP contribution in [0.25, 0.3) is 0 Å². The van der Waals surface area contributed by atoms with Crippen LogP contribution in [0, 0.1) is 5.82 Å². The van der Waals surface area contributed by atoms with E-state index in [4.69, 9.17) is 9.47 Å². The van der Waals surface area contributed by atoms with Crippen LogP contribution in [0.4, 0.5) is 4.39 Å². The van der Waals surface area contributed by atoms with E-state index >= 15 is 0 Å². The predicted octanol–water partition coefficient (Wildman–Crippen LogP) is 4.21. The molecule has 0 aliphatic carbocycles. The van der Waals surface area contributed by atoms with E-state index in [9.17, 15) is 4.39 Å². The van der Waals surface area contributed by atoms with Crippen LogP contribution in [-0.4, -0.2) is 13.2 Å². The van der Waals surface area contributed by atoms with E-state index < -0.39 is 0 Å². The molecule has 1 heterocycles. The molecule has 0 aromatic heterocycles. The number of ether oxygens (including phenoxy) is 2. The molecule has 2 aromatic carbocycles. The molecule has 116 valence electrons. The Labute approximate surface area is 137 Å². The maximum Gasteiger partial charge on any atom is 0.161 e. The van der Waals surface area contributed by atoms with Gasteiger partial charge in [-0.3, -0.25) is 0 Å². The lowest BCUT2D eigenvalue weighted by atomic mass is 10.1. The second kappa shape index (κ2) is 6.67. The molecule has 0 amide bonds. The van der Waals surface area contributed by atoms with Crippen molar-refractivity contribution in [3.8, 4) is 11.5 Å². The lowest BCUT2D eigenvalue weighted by molar-refractivity contribution is 0.171. The Morgan fingerprint density at radius 3 is 2.73 bits per heavy atom. The molecule has 0 bridgehead atoms. The molecule has 0 saturated heterocycles. The second-order valence-corrected chi connectivity index (χ2v) is 6.10. The first-order valence-electron chi connectivity index (χ1n) is 7.20. The molecule has 1 unspecified atom stereocenters. The van der Waals surface area contributed by atoms with Crippen molar-refractivity contribution < 1.29 is 13.9 Å². The van der Waals surface area contributed by atoms with Gasteiger partial charge in [-0.2, -0.15) is 0 Å². The summed E-state index contributed by atoms with van der Waals surface area (Å²) in [6.45, 7) is 3.81. The minimum atomic E-state index is -0.230. The third-order valence-corrected chi connectivity index (χ3v) is 4.45. The lowest BCUT2D eigenvalue weighted by Gasteiger charge is -2.21. The van der Waals surface area contributed by atoms with Crippen LogP contribution >= 0.6 is 15.9 Å². The summed E-state index contributed by atoms with van der Waals surface area (Å²) in [4.78, 5) is 0. The number of hydrogen-bond acceptors (Lipinski definition) is 3. The van der Waals surface area contributed by atoms with Gasteiger partial charge >= 0.3 is 0 Å². The summed E-state index contributed by atoms with van der Waals surface area (Å²) in [6, 6.07) is 10.8. The van der Waals surface area contributed by atoms with Crippen molar-refractivity contribution in [1.82, 2.24) is 5.32 Å². The van der Waals surface area contributed by atoms with Gasteiger partial charge in [0, 0.05) is 17.1 Å². The second-order valence-electron chi connectivity index (χ2n) is 5.24. The third-order valence-electron chi connectivity index (χ3n) is 3.67. The zero-order chi connectivity index (χ0) is 15.5. The summed E-state index contributed by atoms with van der Waals surface area (Å²) in [7, 11) is 0. The van der Waals surface area contributed by atoms with E-state index in [2.05, 4.69) is 28.2 Å². The van der Waals surface area contributed by atoms with E-state index in [0.29, 0.717) is 19.8 Å². The predicted molar refractivity (Wildman–Crippen MR) is 86.8 cm³/mol. The molecular formula is C17H17BrFNO2. The highest BCUT2D eigenvalue weighted by atomic mass is 79.9. The fourth-order valence-electron chi connectivity index (χ4n) is 2.39. The van der Waals surface area contributed by atoms with Crippen molar-refractivity contribution in [1.29, 1.82) is 0 Å². The van der Waals surface area contributed by atoms with Gasteiger partial charge in [0.2, 0.25) is 0 Å². The van der Waals surface area contributed by atoms with Crippen LogP contribution in [0.5, 0.6) is 11.5 Å². The van der Waals surface area contributed by atoms with Gasteiger partial charge in [-0.1, -0.05) is 22.0 Å². The molecule has 0 fully saturated rings. The molecule has 0 radical (unpaired) electrons. The molecule has 1 atom stereocenters. The van der Waals surface area contributed by atoms with Crippen LogP contribution in [0.1, 0.15) is 24.1 Å². The highest BCUT2D eigenvalue weighted by Gasteiger charge is 2.14. The zero-order valence-corrected chi connectivity index (χ0v) is 13.8. The van der Waals surface area contributed by atoms with Crippen LogP contribution < -0.4 is 14.8 Å². The lowest BCUT2D eigenvalue weighted by Crippen LogP contribution is -2.20. The number of halogens is 2. The van der Waals surface area contributed by atoms with Crippen molar-refractivity contribution in [2.75, 3.05) is 13.2 Å². The Hall–Kier alpha value is -1.59. The first kappa shape index (κ1) is 15.3. The summed E-state index contributed by atoms with van der Waals surface area (Å²) < 4.78 is 25.3. The number of nitrogens with one attached hydrogen (secondary N) is 1. The average Bonchev–Trinajstić information content (AvgIpc) is 2.55. The van der Waals surface area contributed by atoms with Gasteiger partial charge in [0.1, 0.15) is 19.0 Å². The minimum absolute atomic E-state index is 0.117.